The van der Waals surface area contributed by atoms with Crippen molar-refractivity contribution in [2.24, 2.45) is 0 Å². The zero-order valence-corrected chi connectivity index (χ0v) is 19.8. The highest BCUT2D eigenvalue weighted by Crippen LogP contribution is 2.32. The molecule has 0 spiro atoms. The zero-order chi connectivity index (χ0) is 22.7. The standard InChI is InChI=1S/C23H20Cl2N4O2S/c1-3-18-20(14-6-5-7-16(25)12-14)22-27-26-21(23(30)31-4-2)19(29(22)28-18)13-32-17-10-8-15(24)9-11-17/h5-12H,3-4,13H2,1-2H3. The molecule has 164 valence electrons. The van der Waals surface area contributed by atoms with Gasteiger partial charge in [0.05, 0.1) is 23.6 Å². The van der Waals surface area contributed by atoms with Crippen molar-refractivity contribution in [1.29, 1.82) is 0 Å². The van der Waals surface area contributed by atoms with E-state index in [1.165, 1.54) is 0 Å². The summed E-state index contributed by atoms with van der Waals surface area (Å²) in [5.74, 6) is -0.0757. The van der Waals surface area contributed by atoms with Gasteiger partial charge in [0, 0.05) is 20.7 Å². The Balaban J connectivity index is 1.86. The van der Waals surface area contributed by atoms with Gasteiger partial charge >= 0.3 is 5.97 Å². The third-order valence-electron chi connectivity index (χ3n) is 4.81. The normalized spacial score (nSPS) is 11.1. The van der Waals surface area contributed by atoms with Crippen molar-refractivity contribution < 1.29 is 9.53 Å². The van der Waals surface area contributed by atoms with Gasteiger partial charge < -0.3 is 4.74 Å². The SMILES string of the molecule is CCOC(=O)c1nnc2c(-c3cccc(Cl)c3)c(CC)nn2c1CSc1ccc(Cl)cc1. The molecule has 2 aromatic heterocycles. The molecule has 0 aliphatic carbocycles. The van der Waals surface area contributed by atoms with Crippen molar-refractivity contribution in [3.63, 3.8) is 0 Å². The number of nitrogens with zero attached hydrogens (tertiary/aromatic N) is 4. The minimum atomic E-state index is -0.522. The topological polar surface area (TPSA) is 69.4 Å². The fourth-order valence-corrected chi connectivity index (χ4v) is 4.55. The molecule has 0 saturated heterocycles. The summed E-state index contributed by atoms with van der Waals surface area (Å²) in [7, 11) is 0. The van der Waals surface area contributed by atoms with Crippen LogP contribution in [-0.4, -0.2) is 32.4 Å². The Bertz CT molecular complexity index is 1280. The molecule has 2 heterocycles. The fourth-order valence-electron chi connectivity index (χ4n) is 3.35. The summed E-state index contributed by atoms with van der Waals surface area (Å²) >= 11 is 13.8. The molecule has 0 bridgehead atoms. The molecule has 4 rings (SSSR count). The second-order valence-electron chi connectivity index (χ2n) is 6.88. The molecule has 0 N–H and O–H groups in total. The summed E-state index contributed by atoms with van der Waals surface area (Å²) < 4.78 is 6.93. The van der Waals surface area contributed by atoms with E-state index in [4.69, 9.17) is 33.0 Å². The molecule has 9 heteroatoms. The number of hydrogen-bond acceptors (Lipinski definition) is 6. The number of rotatable bonds is 7. The van der Waals surface area contributed by atoms with Crippen LogP contribution in [-0.2, 0) is 16.9 Å². The van der Waals surface area contributed by atoms with E-state index < -0.39 is 5.97 Å². The highest BCUT2D eigenvalue weighted by atomic mass is 35.5. The molecular weight excluding hydrogens is 467 g/mol. The van der Waals surface area contributed by atoms with Gasteiger partial charge in [-0.2, -0.15) is 5.10 Å². The lowest BCUT2D eigenvalue weighted by atomic mass is 10.0. The van der Waals surface area contributed by atoms with Gasteiger partial charge in [-0.25, -0.2) is 9.31 Å². The number of ether oxygens (including phenoxy) is 1. The molecule has 0 radical (unpaired) electrons. The third kappa shape index (κ3) is 4.60. The van der Waals surface area contributed by atoms with Crippen LogP contribution in [0.1, 0.15) is 35.7 Å². The molecule has 0 amide bonds. The highest BCUT2D eigenvalue weighted by Gasteiger charge is 2.24. The van der Waals surface area contributed by atoms with E-state index >= 15 is 0 Å². The number of aromatic nitrogens is 4. The number of aryl methyl sites for hydroxylation is 1. The van der Waals surface area contributed by atoms with Crippen LogP contribution in [0, 0.1) is 0 Å². The van der Waals surface area contributed by atoms with Gasteiger partial charge in [-0.1, -0.05) is 42.3 Å². The fraction of sp³-hybridized carbons (Fsp3) is 0.217. The Morgan fingerprint density at radius 1 is 1.06 bits per heavy atom. The molecule has 0 aliphatic rings. The quantitative estimate of drug-likeness (QED) is 0.231. The maximum absolute atomic E-state index is 12.6. The van der Waals surface area contributed by atoms with E-state index in [1.807, 2.05) is 55.5 Å². The Labute approximate surface area is 199 Å². The van der Waals surface area contributed by atoms with Crippen LogP contribution in [0.2, 0.25) is 10.0 Å². The number of benzene rings is 2. The first-order valence-electron chi connectivity index (χ1n) is 10.1. The Hall–Kier alpha value is -2.61. The van der Waals surface area contributed by atoms with E-state index in [0.29, 0.717) is 33.6 Å². The average Bonchev–Trinajstić information content (AvgIpc) is 3.17. The van der Waals surface area contributed by atoms with Crippen LogP contribution in [0.4, 0.5) is 0 Å². The van der Waals surface area contributed by atoms with Gasteiger partial charge in [0.25, 0.3) is 0 Å². The van der Waals surface area contributed by atoms with Crippen LogP contribution in [0.15, 0.2) is 53.4 Å². The first-order chi connectivity index (χ1) is 15.5. The number of carbonyl (C=O) groups excluding carboxylic acids is 1. The molecule has 32 heavy (non-hydrogen) atoms. The largest absolute Gasteiger partial charge is 0.461 e. The van der Waals surface area contributed by atoms with E-state index in [-0.39, 0.29) is 12.3 Å². The molecule has 0 atom stereocenters. The van der Waals surface area contributed by atoms with Crippen LogP contribution in [0.5, 0.6) is 0 Å². The Morgan fingerprint density at radius 3 is 2.53 bits per heavy atom. The first kappa shape index (κ1) is 22.6. The van der Waals surface area contributed by atoms with Crippen LogP contribution in [0.25, 0.3) is 16.8 Å². The molecule has 0 aliphatic heterocycles. The predicted molar refractivity (Wildman–Crippen MR) is 128 cm³/mol. The molecule has 0 fully saturated rings. The van der Waals surface area contributed by atoms with Gasteiger partial charge in [0.2, 0.25) is 0 Å². The Kier molecular flexibility index (Phi) is 6.98. The van der Waals surface area contributed by atoms with Gasteiger partial charge in [-0.15, -0.1) is 22.0 Å². The van der Waals surface area contributed by atoms with Crippen molar-refractivity contribution in [2.45, 2.75) is 30.9 Å². The maximum Gasteiger partial charge on any atom is 0.360 e. The maximum atomic E-state index is 12.6. The summed E-state index contributed by atoms with van der Waals surface area (Å²) in [6.45, 7) is 4.03. The van der Waals surface area contributed by atoms with E-state index in [9.17, 15) is 4.79 Å². The van der Waals surface area contributed by atoms with Crippen LogP contribution >= 0.6 is 35.0 Å². The number of esters is 1. The summed E-state index contributed by atoms with van der Waals surface area (Å²) in [6.07, 6.45) is 0.684. The smallest absolute Gasteiger partial charge is 0.360 e. The van der Waals surface area contributed by atoms with Crippen LogP contribution in [0.3, 0.4) is 0 Å². The molecule has 2 aromatic carbocycles. The minimum Gasteiger partial charge on any atom is -0.461 e. The molecule has 4 aromatic rings. The van der Waals surface area contributed by atoms with E-state index in [2.05, 4.69) is 10.2 Å². The molecule has 6 nitrogen and oxygen atoms in total. The van der Waals surface area contributed by atoms with Crippen molar-refractivity contribution in [2.75, 3.05) is 6.61 Å². The summed E-state index contributed by atoms with van der Waals surface area (Å²) in [4.78, 5) is 13.6. The summed E-state index contributed by atoms with van der Waals surface area (Å²) in [5, 5.41) is 14.7. The van der Waals surface area contributed by atoms with Gasteiger partial charge in [-0.3, -0.25) is 0 Å². The van der Waals surface area contributed by atoms with E-state index in [0.717, 1.165) is 21.7 Å². The number of thioether (sulfide) groups is 1. The molecular formula is C23H20Cl2N4O2S. The Morgan fingerprint density at radius 2 is 1.84 bits per heavy atom. The van der Waals surface area contributed by atoms with Gasteiger partial charge in [0.1, 0.15) is 0 Å². The van der Waals surface area contributed by atoms with Crippen molar-refractivity contribution in [3.8, 4) is 11.1 Å². The first-order valence-corrected chi connectivity index (χ1v) is 11.8. The number of carbonyl (C=O) groups is 1. The van der Waals surface area contributed by atoms with Crippen molar-refractivity contribution in [1.82, 2.24) is 19.8 Å². The average molecular weight is 487 g/mol. The second-order valence-corrected chi connectivity index (χ2v) is 8.80. The van der Waals surface area contributed by atoms with Crippen LogP contribution < -0.4 is 0 Å². The monoisotopic (exact) mass is 486 g/mol. The van der Waals surface area contributed by atoms with Gasteiger partial charge in [0.15, 0.2) is 11.3 Å². The van der Waals surface area contributed by atoms with Crippen molar-refractivity contribution >= 4 is 46.6 Å². The van der Waals surface area contributed by atoms with E-state index in [1.54, 1.807) is 23.2 Å². The number of fused-ring (bicyclic) bond motifs is 1. The highest BCUT2D eigenvalue weighted by molar-refractivity contribution is 7.98. The summed E-state index contributed by atoms with van der Waals surface area (Å²) in [5.41, 5.74) is 3.96. The zero-order valence-electron chi connectivity index (χ0n) is 17.5. The second kappa shape index (κ2) is 9.90. The molecule has 0 unspecified atom stereocenters. The third-order valence-corrected chi connectivity index (χ3v) is 6.32. The van der Waals surface area contributed by atoms with Crippen molar-refractivity contribution in [3.05, 3.63) is 75.7 Å². The number of hydrogen-bond donors (Lipinski definition) is 0. The minimum absolute atomic E-state index is 0.156. The molecule has 0 saturated carbocycles. The lowest BCUT2D eigenvalue weighted by molar-refractivity contribution is 0.0516. The number of halogens is 2. The predicted octanol–water partition coefficient (Wildman–Crippen LogP) is 6.13. The summed E-state index contributed by atoms with van der Waals surface area (Å²) in [6, 6.07) is 15.1. The lowest BCUT2D eigenvalue weighted by Crippen LogP contribution is -2.16. The lowest BCUT2D eigenvalue weighted by Gasteiger charge is -2.10. The van der Waals surface area contributed by atoms with Gasteiger partial charge in [-0.05, 0) is 55.3 Å².